The molecule has 1 aromatic rings. The van der Waals surface area contributed by atoms with Gasteiger partial charge in [-0.2, -0.15) is 0 Å². The Morgan fingerprint density at radius 1 is 1.57 bits per heavy atom. The maximum atomic E-state index is 9.35. The second-order valence-corrected chi connectivity index (χ2v) is 3.65. The molecule has 2 unspecified atom stereocenters. The number of rotatable bonds is 6. The van der Waals surface area contributed by atoms with E-state index in [-0.39, 0.29) is 6.10 Å². The molecule has 0 aliphatic carbocycles. The van der Waals surface area contributed by atoms with Gasteiger partial charge in [0.15, 0.2) is 0 Å². The molecule has 0 saturated carbocycles. The lowest BCUT2D eigenvalue weighted by Crippen LogP contribution is -2.34. The molecule has 3 nitrogen and oxygen atoms in total. The fourth-order valence-electron chi connectivity index (χ4n) is 1.28. The smallest absolute Gasteiger partial charge is 0.105 e. The van der Waals surface area contributed by atoms with Crippen LogP contribution in [0, 0.1) is 0 Å². The standard InChI is InChI=1S/C11H19NO2/c1-3-10(13)8-12-9(2)7-11-5-4-6-14-11/h4-6,9-10,12-13H,3,7-8H2,1-2H3. The Kier molecular flexibility index (Phi) is 4.70. The van der Waals surface area contributed by atoms with Crippen molar-refractivity contribution in [1.82, 2.24) is 5.32 Å². The zero-order valence-corrected chi connectivity index (χ0v) is 8.86. The number of aliphatic hydroxyl groups excluding tert-OH is 1. The largest absolute Gasteiger partial charge is 0.469 e. The molecule has 14 heavy (non-hydrogen) atoms. The van der Waals surface area contributed by atoms with Crippen molar-refractivity contribution in [3.63, 3.8) is 0 Å². The van der Waals surface area contributed by atoms with E-state index in [2.05, 4.69) is 12.2 Å². The molecule has 1 aromatic heterocycles. The van der Waals surface area contributed by atoms with Gasteiger partial charge in [-0.1, -0.05) is 6.92 Å². The zero-order chi connectivity index (χ0) is 10.4. The maximum absolute atomic E-state index is 9.35. The lowest BCUT2D eigenvalue weighted by atomic mass is 10.2. The van der Waals surface area contributed by atoms with Crippen molar-refractivity contribution >= 4 is 0 Å². The van der Waals surface area contributed by atoms with E-state index in [1.54, 1.807) is 6.26 Å². The van der Waals surface area contributed by atoms with Gasteiger partial charge >= 0.3 is 0 Å². The van der Waals surface area contributed by atoms with E-state index in [4.69, 9.17) is 4.42 Å². The van der Waals surface area contributed by atoms with Crippen LogP contribution in [-0.4, -0.2) is 23.8 Å². The van der Waals surface area contributed by atoms with Crippen LogP contribution < -0.4 is 5.32 Å². The number of hydrogen-bond acceptors (Lipinski definition) is 3. The Labute approximate surface area is 85.1 Å². The van der Waals surface area contributed by atoms with Crippen LogP contribution in [0.2, 0.25) is 0 Å². The fraction of sp³-hybridized carbons (Fsp3) is 0.636. The highest BCUT2D eigenvalue weighted by molar-refractivity contribution is 4.99. The summed E-state index contributed by atoms with van der Waals surface area (Å²) in [6.45, 7) is 4.72. The number of furan rings is 1. The third-order valence-electron chi connectivity index (χ3n) is 2.26. The molecule has 80 valence electrons. The van der Waals surface area contributed by atoms with Crippen molar-refractivity contribution < 1.29 is 9.52 Å². The molecule has 0 bridgehead atoms. The molecule has 2 atom stereocenters. The molecular weight excluding hydrogens is 178 g/mol. The monoisotopic (exact) mass is 197 g/mol. The van der Waals surface area contributed by atoms with E-state index in [0.29, 0.717) is 12.6 Å². The Morgan fingerprint density at radius 2 is 2.36 bits per heavy atom. The number of aliphatic hydroxyl groups is 1. The molecule has 2 N–H and O–H groups in total. The third-order valence-corrected chi connectivity index (χ3v) is 2.26. The zero-order valence-electron chi connectivity index (χ0n) is 8.86. The average Bonchev–Trinajstić information content (AvgIpc) is 2.66. The van der Waals surface area contributed by atoms with Gasteiger partial charge in [0.2, 0.25) is 0 Å². The van der Waals surface area contributed by atoms with Crippen LogP contribution in [0.1, 0.15) is 26.0 Å². The van der Waals surface area contributed by atoms with Gasteiger partial charge in [-0.3, -0.25) is 0 Å². The van der Waals surface area contributed by atoms with Crippen molar-refractivity contribution in [2.45, 2.75) is 38.8 Å². The van der Waals surface area contributed by atoms with Gasteiger partial charge in [0, 0.05) is 19.0 Å². The first-order valence-electron chi connectivity index (χ1n) is 5.16. The maximum Gasteiger partial charge on any atom is 0.105 e. The summed E-state index contributed by atoms with van der Waals surface area (Å²) in [5.74, 6) is 0.982. The van der Waals surface area contributed by atoms with Crippen molar-refractivity contribution in [1.29, 1.82) is 0 Å². The summed E-state index contributed by atoms with van der Waals surface area (Å²) in [6, 6.07) is 4.19. The lowest BCUT2D eigenvalue weighted by Gasteiger charge is -2.14. The Morgan fingerprint density at radius 3 is 2.93 bits per heavy atom. The predicted molar refractivity (Wildman–Crippen MR) is 56.2 cm³/mol. The van der Waals surface area contributed by atoms with E-state index in [1.807, 2.05) is 19.1 Å². The molecule has 0 aromatic carbocycles. The first-order valence-corrected chi connectivity index (χ1v) is 5.16. The van der Waals surface area contributed by atoms with Crippen LogP contribution >= 0.6 is 0 Å². The van der Waals surface area contributed by atoms with E-state index in [0.717, 1.165) is 18.6 Å². The van der Waals surface area contributed by atoms with Gasteiger partial charge in [-0.05, 0) is 25.5 Å². The molecular formula is C11H19NO2. The van der Waals surface area contributed by atoms with Gasteiger partial charge in [0.1, 0.15) is 5.76 Å². The Balaban J connectivity index is 2.19. The van der Waals surface area contributed by atoms with Crippen LogP contribution in [0.3, 0.4) is 0 Å². The van der Waals surface area contributed by atoms with Crippen LogP contribution in [0.15, 0.2) is 22.8 Å². The van der Waals surface area contributed by atoms with Crippen LogP contribution in [0.4, 0.5) is 0 Å². The summed E-state index contributed by atoms with van der Waals surface area (Å²) in [6.07, 6.45) is 3.10. The third kappa shape index (κ3) is 3.94. The molecule has 0 radical (unpaired) electrons. The van der Waals surface area contributed by atoms with E-state index in [9.17, 15) is 5.11 Å². The summed E-state index contributed by atoms with van der Waals surface area (Å²) < 4.78 is 5.23. The Bertz CT molecular complexity index is 233. The fourth-order valence-corrected chi connectivity index (χ4v) is 1.28. The molecule has 0 fully saturated rings. The average molecular weight is 197 g/mol. The topological polar surface area (TPSA) is 45.4 Å². The lowest BCUT2D eigenvalue weighted by molar-refractivity contribution is 0.163. The predicted octanol–water partition coefficient (Wildman–Crippen LogP) is 1.57. The summed E-state index contributed by atoms with van der Waals surface area (Å²) in [7, 11) is 0. The number of nitrogens with one attached hydrogen (secondary N) is 1. The van der Waals surface area contributed by atoms with Gasteiger partial charge < -0.3 is 14.8 Å². The van der Waals surface area contributed by atoms with Crippen molar-refractivity contribution in [2.75, 3.05) is 6.54 Å². The summed E-state index contributed by atoms with van der Waals surface area (Å²) in [5.41, 5.74) is 0. The molecule has 0 saturated heterocycles. The van der Waals surface area contributed by atoms with Crippen LogP contribution in [0.25, 0.3) is 0 Å². The molecule has 0 aliphatic rings. The second kappa shape index (κ2) is 5.83. The van der Waals surface area contributed by atoms with E-state index >= 15 is 0 Å². The molecule has 0 amide bonds. The highest BCUT2D eigenvalue weighted by atomic mass is 16.3. The van der Waals surface area contributed by atoms with Crippen LogP contribution in [0.5, 0.6) is 0 Å². The molecule has 3 heteroatoms. The van der Waals surface area contributed by atoms with Crippen molar-refractivity contribution in [3.05, 3.63) is 24.2 Å². The van der Waals surface area contributed by atoms with Crippen LogP contribution in [-0.2, 0) is 6.42 Å². The minimum Gasteiger partial charge on any atom is -0.469 e. The minimum absolute atomic E-state index is 0.242. The Hall–Kier alpha value is -0.800. The quantitative estimate of drug-likeness (QED) is 0.727. The summed E-state index contributed by atoms with van der Waals surface area (Å²) in [4.78, 5) is 0. The summed E-state index contributed by atoms with van der Waals surface area (Å²) in [5, 5.41) is 12.6. The molecule has 1 rings (SSSR count). The minimum atomic E-state index is -0.242. The van der Waals surface area contributed by atoms with Crippen molar-refractivity contribution in [2.24, 2.45) is 0 Å². The molecule has 0 aliphatic heterocycles. The highest BCUT2D eigenvalue weighted by Crippen LogP contribution is 2.03. The number of hydrogen-bond donors (Lipinski definition) is 2. The first-order chi connectivity index (χ1) is 6.72. The molecule has 0 spiro atoms. The highest BCUT2D eigenvalue weighted by Gasteiger charge is 2.07. The van der Waals surface area contributed by atoms with Gasteiger partial charge in [-0.25, -0.2) is 0 Å². The first kappa shape index (κ1) is 11.3. The van der Waals surface area contributed by atoms with Crippen molar-refractivity contribution in [3.8, 4) is 0 Å². The van der Waals surface area contributed by atoms with E-state index in [1.165, 1.54) is 0 Å². The van der Waals surface area contributed by atoms with Gasteiger partial charge in [0.05, 0.1) is 12.4 Å². The van der Waals surface area contributed by atoms with Gasteiger partial charge in [-0.15, -0.1) is 0 Å². The van der Waals surface area contributed by atoms with E-state index < -0.39 is 0 Å². The second-order valence-electron chi connectivity index (χ2n) is 3.65. The SMILES string of the molecule is CCC(O)CNC(C)Cc1ccco1. The van der Waals surface area contributed by atoms with Gasteiger partial charge in [0.25, 0.3) is 0 Å². The normalized spacial score (nSPS) is 15.4. The molecule has 1 heterocycles. The summed E-state index contributed by atoms with van der Waals surface area (Å²) >= 11 is 0.